The van der Waals surface area contributed by atoms with Gasteiger partial charge in [0, 0.05) is 24.8 Å². The Bertz CT molecular complexity index is 939. The molecule has 1 amide bonds. The van der Waals surface area contributed by atoms with Crippen LogP contribution in [0.4, 0.5) is 5.82 Å². The highest BCUT2D eigenvalue weighted by Crippen LogP contribution is 2.70. The Hall–Kier alpha value is -2.63. The summed E-state index contributed by atoms with van der Waals surface area (Å²) in [4.78, 5) is 16.8. The molecule has 6 nitrogen and oxygen atoms in total. The molecular formula is C24H30N4O2. The molecule has 158 valence electrons. The Labute approximate surface area is 177 Å². The van der Waals surface area contributed by atoms with Gasteiger partial charge in [0.2, 0.25) is 0 Å². The number of anilines is 1. The predicted octanol–water partition coefficient (Wildman–Crippen LogP) is 4.06. The van der Waals surface area contributed by atoms with E-state index in [1.165, 1.54) is 19.3 Å². The van der Waals surface area contributed by atoms with Gasteiger partial charge in [-0.25, -0.2) is 4.98 Å². The van der Waals surface area contributed by atoms with Crippen molar-refractivity contribution in [3.63, 3.8) is 0 Å². The van der Waals surface area contributed by atoms with Crippen molar-refractivity contribution in [1.29, 1.82) is 0 Å². The summed E-state index contributed by atoms with van der Waals surface area (Å²) in [6.07, 6.45) is 12.4. The number of amides is 1. The van der Waals surface area contributed by atoms with Crippen LogP contribution < -0.4 is 10.6 Å². The van der Waals surface area contributed by atoms with Gasteiger partial charge in [-0.3, -0.25) is 4.79 Å². The molecule has 2 N–H and O–H groups in total. The van der Waals surface area contributed by atoms with Crippen molar-refractivity contribution in [3.05, 3.63) is 53.1 Å². The number of carbonyl (C=O) groups excluding carboxylic acids is 1. The van der Waals surface area contributed by atoms with Crippen LogP contribution >= 0.6 is 0 Å². The van der Waals surface area contributed by atoms with Gasteiger partial charge < -0.3 is 15.2 Å². The van der Waals surface area contributed by atoms with Crippen molar-refractivity contribution < 1.29 is 9.32 Å². The van der Waals surface area contributed by atoms with Gasteiger partial charge in [0.1, 0.15) is 11.6 Å². The molecule has 2 aromatic rings. The van der Waals surface area contributed by atoms with Crippen LogP contribution in [0.2, 0.25) is 0 Å². The average Bonchev–Trinajstić information content (AvgIpc) is 3.32. The standard InChI is InChI=1S/C24H30N4O2/c1-15-20(16(2)30-28-15)4-3-11-25-23(29)17-5-8-22(26-13-17)27-14-18-12-19-6-7-21(18)24(19)9-10-24/h5-8,13,18-19,21H,3-4,9-12,14H2,1-2H3,(H,25,29)(H,26,27)/t18-,19-,21-/m0/s1. The minimum atomic E-state index is -0.0817. The summed E-state index contributed by atoms with van der Waals surface area (Å²) >= 11 is 0. The van der Waals surface area contributed by atoms with Crippen molar-refractivity contribution in [1.82, 2.24) is 15.5 Å². The van der Waals surface area contributed by atoms with Crippen molar-refractivity contribution in [2.45, 2.75) is 46.0 Å². The molecule has 0 radical (unpaired) electrons. The molecule has 2 bridgehead atoms. The molecule has 0 unspecified atom stereocenters. The fourth-order valence-electron chi connectivity index (χ4n) is 5.65. The van der Waals surface area contributed by atoms with Crippen LogP contribution in [0.3, 0.4) is 0 Å². The number of pyridine rings is 1. The lowest BCUT2D eigenvalue weighted by Gasteiger charge is -2.20. The highest BCUT2D eigenvalue weighted by atomic mass is 16.5. The van der Waals surface area contributed by atoms with Gasteiger partial charge >= 0.3 is 0 Å². The van der Waals surface area contributed by atoms with Crippen molar-refractivity contribution in [2.75, 3.05) is 18.4 Å². The fraction of sp³-hybridized carbons (Fsp3) is 0.542. The summed E-state index contributed by atoms with van der Waals surface area (Å²) in [5.41, 5.74) is 3.30. The third kappa shape index (κ3) is 3.42. The molecule has 3 aliphatic rings. The first-order valence-electron chi connectivity index (χ1n) is 11.1. The van der Waals surface area contributed by atoms with Crippen LogP contribution in [0.5, 0.6) is 0 Å². The lowest BCUT2D eigenvalue weighted by Crippen LogP contribution is -2.25. The Morgan fingerprint density at radius 2 is 2.13 bits per heavy atom. The van der Waals surface area contributed by atoms with E-state index in [-0.39, 0.29) is 5.91 Å². The smallest absolute Gasteiger partial charge is 0.252 e. The second-order valence-electron chi connectivity index (χ2n) is 9.22. The van der Waals surface area contributed by atoms with Crippen LogP contribution in [0.15, 0.2) is 35.0 Å². The molecule has 2 aromatic heterocycles. The molecule has 3 atom stereocenters. The summed E-state index contributed by atoms with van der Waals surface area (Å²) in [5.74, 6) is 3.91. The normalized spacial score (nSPS) is 25.1. The Kier molecular flexibility index (Phi) is 4.88. The maximum atomic E-state index is 12.4. The first kappa shape index (κ1) is 19.3. The van der Waals surface area contributed by atoms with E-state index in [1.807, 2.05) is 26.0 Å². The van der Waals surface area contributed by atoms with Crippen LogP contribution in [-0.2, 0) is 6.42 Å². The highest BCUT2D eigenvalue weighted by Gasteiger charge is 2.62. The third-order valence-electron chi connectivity index (χ3n) is 7.49. The Morgan fingerprint density at radius 1 is 1.27 bits per heavy atom. The van der Waals surface area contributed by atoms with Gasteiger partial charge in [-0.1, -0.05) is 17.3 Å². The number of nitrogens with one attached hydrogen (secondary N) is 2. The second-order valence-corrected chi connectivity index (χ2v) is 9.22. The molecule has 3 aliphatic carbocycles. The van der Waals surface area contributed by atoms with Crippen LogP contribution in [0.1, 0.15) is 53.1 Å². The zero-order valence-electron chi connectivity index (χ0n) is 17.8. The molecule has 1 spiro atoms. The molecule has 2 saturated carbocycles. The molecule has 0 aliphatic heterocycles. The van der Waals surface area contributed by atoms with Crippen LogP contribution in [-0.4, -0.2) is 29.1 Å². The third-order valence-corrected chi connectivity index (χ3v) is 7.49. The second kappa shape index (κ2) is 7.56. The fourth-order valence-corrected chi connectivity index (χ4v) is 5.65. The van der Waals surface area contributed by atoms with E-state index in [9.17, 15) is 4.79 Å². The SMILES string of the molecule is Cc1noc(C)c1CCCNC(=O)c1ccc(NC[C@@H]2C[C@@H]3C=C[C@@H]2C32CC2)nc1. The predicted molar refractivity (Wildman–Crippen MR) is 115 cm³/mol. The van der Waals surface area contributed by atoms with Gasteiger partial charge in [-0.15, -0.1) is 0 Å². The monoisotopic (exact) mass is 406 g/mol. The number of rotatable bonds is 8. The van der Waals surface area contributed by atoms with Gasteiger partial charge in [-0.2, -0.15) is 0 Å². The Balaban J connectivity index is 1.07. The zero-order valence-corrected chi connectivity index (χ0v) is 17.8. The van der Waals surface area contributed by atoms with E-state index in [1.54, 1.807) is 6.20 Å². The van der Waals surface area contributed by atoms with Gasteiger partial charge in [0.15, 0.2) is 0 Å². The summed E-state index contributed by atoms with van der Waals surface area (Å²) in [5, 5.41) is 10.4. The first-order valence-corrected chi connectivity index (χ1v) is 11.1. The number of allylic oxidation sites excluding steroid dienone is 2. The van der Waals surface area contributed by atoms with E-state index in [4.69, 9.17) is 4.52 Å². The Morgan fingerprint density at radius 3 is 2.80 bits per heavy atom. The summed E-state index contributed by atoms with van der Waals surface area (Å²) in [6.45, 7) is 5.45. The summed E-state index contributed by atoms with van der Waals surface area (Å²) < 4.78 is 5.18. The van der Waals surface area contributed by atoms with E-state index >= 15 is 0 Å². The number of aromatic nitrogens is 2. The lowest BCUT2D eigenvalue weighted by atomic mass is 9.89. The number of carbonyl (C=O) groups is 1. The largest absolute Gasteiger partial charge is 0.370 e. The van der Waals surface area contributed by atoms with Crippen molar-refractivity contribution >= 4 is 11.7 Å². The minimum absolute atomic E-state index is 0.0817. The molecular weight excluding hydrogens is 376 g/mol. The van der Waals surface area contributed by atoms with Crippen LogP contribution in [0.25, 0.3) is 0 Å². The highest BCUT2D eigenvalue weighted by molar-refractivity contribution is 5.94. The molecule has 5 rings (SSSR count). The molecule has 30 heavy (non-hydrogen) atoms. The maximum Gasteiger partial charge on any atom is 0.252 e. The molecule has 0 saturated heterocycles. The van der Waals surface area contributed by atoms with E-state index in [0.717, 1.165) is 54.1 Å². The minimum Gasteiger partial charge on any atom is -0.370 e. The lowest BCUT2D eigenvalue weighted by molar-refractivity contribution is 0.0953. The molecule has 6 heteroatoms. The van der Waals surface area contributed by atoms with Gasteiger partial charge in [0.05, 0.1) is 11.3 Å². The number of hydrogen-bond acceptors (Lipinski definition) is 5. The van der Waals surface area contributed by atoms with Crippen molar-refractivity contribution in [3.8, 4) is 0 Å². The van der Waals surface area contributed by atoms with E-state index in [2.05, 4.69) is 32.9 Å². The number of aryl methyl sites for hydroxylation is 2. The zero-order chi connectivity index (χ0) is 20.7. The van der Waals surface area contributed by atoms with Gasteiger partial charge in [-0.05, 0) is 81.3 Å². The van der Waals surface area contributed by atoms with E-state index in [0.29, 0.717) is 23.4 Å². The van der Waals surface area contributed by atoms with Crippen molar-refractivity contribution in [2.24, 2.45) is 23.2 Å². The number of hydrogen-bond donors (Lipinski definition) is 2. The topological polar surface area (TPSA) is 80.0 Å². The van der Waals surface area contributed by atoms with E-state index < -0.39 is 0 Å². The first-order chi connectivity index (χ1) is 14.6. The maximum absolute atomic E-state index is 12.4. The molecule has 2 fully saturated rings. The van der Waals surface area contributed by atoms with Gasteiger partial charge in [0.25, 0.3) is 5.91 Å². The number of nitrogens with zero attached hydrogens (tertiary/aromatic N) is 2. The molecule has 0 aromatic carbocycles. The van der Waals surface area contributed by atoms with Crippen LogP contribution in [0, 0.1) is 37.0 Å². The average molecular weight is 407 g/mol. The quantitative estimate of drug-likeness (QED) is 0.510. The summed E-state index contributed by atoms with van der Waals surface area (Å²) in [6, 6.07) is 3.76. The summed E-state index contributed by atoms with van der Waals surface area (Å²) in [7, 11) is 0. The molecule has 2 heterocycles.